The molecule has 0 amide bonds. The van der Waals surface area contributed by atoms with Crippen molar-refractivity contribution in [3.63, 3.8) is 0 Å². The van der Waals surface area contributed by atoms with Crippen LogP contribution in [0.2, 0.25) is 0 Å². The van der Waals surface area contributed by atoms with Crippen molar-refractivity contribution in [1.29, 1.82) is 0 Å². The largest absolute Gasteiger partial charge is 0.327 e. The molecular formula is C16H26N2O2+2. The monoisotopic (exact) mass is 278 g/mol. The molecule has 0 bridgehead atoms. The molecule has 0 spiro atoms. The molecule has 0 aromatic heterocycles. The Hall–Kier alpha value is -1.52. The minimum absolute atomic E-state index is 0.480. The van der Waals surface area contributed by atoms with Crippen molar-refractivity contribution in [3.05, 3.63) is 34.4 Å². The molecule has 0 heterocycles. The maximum Gasteiger partial charge on any atom is 0.150 e. The molecule has 0 radical (unpaired) electrons. The lowest BCUT2D eigenvalue weighted by atomic mass is 9.98. The standard InChI is InChI=1S/C16H26N2O2/c1-17(2,3)9-13-7-15(11-19)16(12-20)8-14(13)10-18(4,5)6/h7-8,11-12H,9-10H2,1-6H3/q+2. The van der Waals surface area contributed by atoms with Crippen molar-refractivity contribution in [2.45, 2.75) is 13.1 Å². The van der Waals surface area contributed by atoms with E-state index >= 15 is 0 Å². The number of nitrogens with zero attached hydrogens (tertiary/aromatic N) is 2. The number of carbonyl (C=O) groups is 2. The molecule has 4 nitrogen and oxygen atoms in total. The Bertz CT molecular complexity index is 461. The van der Waals surface area contributed by atoms with E-state index in [1.165, 1.54) is 0 Å². The lowest BCUT2D eigenvalue weighted by Gasteiger charge is -2.29. The molecule has 1 aromatic rings. The average molecular weight is 278 g/mol. The normalized spacial score (nSPS) is 12.3. The molecular weight excluding hydrogens is 252 g/mol. The van der Waals surface area contributed by atoms with Gasteiger partial charge in [-0.15, -0.1) is 0 Å². The Morgan fingerprint density at radius 3 is 1.25 bits per heavy atom. The Balaban J connectivity index is 3.36. The Morgan fingerprint density at radius 2 is 1.05 bits per heavy atom. The van der Waals surface area contributed by atoms with Gasteiger partial charge < -0.3 is 8.97 Å². The van der Waals surface area contributed by atoms with E-state index in [1.54, 1.807) is 0 Å². The van der Waals surface area contributed by atoms with Gasteiger partial charge in [0, 0.05) is 22.3 Å². The van der Waals surface area contributed by atoms with Crippen molar-refractivity contribution < 1.29 is 18.6 Å². The third-order valence-corrected chi connectivity index (χ3v) is 2.95. The second-order valence-corrected chi connectivity index (χ2v) is 7.38. The maximum absolute atomic E-state index is 11.1. The third-order valence-electron chi connectivity index (χ3n) is 2.95. The zero-order valence-electron chi connectivity index (χ0n) is 13.4. The van der Waals surface area contributed by atoms with Crippen molar-refractivity contribution in [2.75, 3.05) is 42.3 Å². The molecule has 1 aromatic carbocycles. The van der Waals surface area contributed by atoms with Gasteiger partial charge in [-0.3, -0.25) is 9.59 Å². The number of benzene rings is 1. The molecule has 0 aliphatic carbocycles. The maximum atomic E-state index is 11.1. The molecule has 0 N–H and O–H groups in total. The van der Waals surface area contributed by atoms with Gasteiger partial charge in [-0.1, -0.05) is 0 Å². The Morgan fingerprint density at radius 1 is 0.750 bits per heavy atom. The number of hydrogen-bond donors (Lipinski definition) is 0. The second kappa shape index (κ2) is 5.85. The zero-order valence-corrected chi connectivity index (χ0v) is 13.4. The number of aldehydes is 2. The van der Waals surface area contributed by atoms with Crippen LogP contribution in [0.5, 0.6) is 0 Å². The molecule has 0 saturated heterocycles. The van der Waals surface area contributed by atoms with E-state index in [-0.39, 0.29) is 0 Å². The fourth-order valence-corrected chi connectivity index (χ4v) is 2.25. The van der Waals surface area contributed by atoms with E-state index in [9.17, 15) is 9.59 Å². The summed E-state index contributed by atoms with van der Waals surface area (Å²) >= 11 is 0. The molecule has 0 fully saturated rings. The topological polar surface area (TPSA) is 34.1 Å². The van der Waals surface area contributed by atoms with Gasteiger partial charge in [0.25, 0.3) is 0 Å². The summed E-state index contributed by atoms with van der Waals surface area (Å²) in [4.78, 5) is 22.3. The first kappa shape index (κ1) is 16.5. The van der Waals surface area contributed by atoms with Gasteiger partial charge in [0.05, 0.1) is 42.3 Å². The lowest BCUT2D eigenvalue weighted by molar-refractivity contribution is -0.887. The minimum Gasteiger partial charge on any atom is -0.327 e. The van der Waals surface area contributed by atoms with Gasteiger partial charge in [-0.2, -0.15) is 0 Å². The number of rotatable bonds is 6. The van der Waals surface area contributed by atoms with E-state index in [0.29, 0.717) is 11.1 Å². The van der Waals surface area contributed by atoms with Gasteiger partial charge in [0.2, 0.25) is 0 Å². The highest BCUT2D eigenvalue weighted by molar-refractivity contribution is 5.90. The van der Waals surface area contributed by atoms with E-state index in [1.807, 2.05) is 12.1 Å². The van der Waals surface area contributed by atoms with Crippen LogP contribution in [0, 0.1) is 0 Å². The Labute approximate surface area is 121 Å². The zero-order chi connectivity index (χ0) is 15.6. The number of carbonyl (C=O) groups excluding carboxylic acids is 2. The Kier molecular flexibility index (Phi) is 4.84. The fourth-order valence-electron chi connectivity index (χ4n) is 2.25. The van der Waals surface area contributed by atoms with Crippen LogP contribution in [0.15, 0.2) is 12.1 Å². The molecule has 110 valence electrons. The van der Waals surface area contributed by atoms with Gasteiger partial charge >= 0.3 is 0 Å². The minimum atomic E-state index is 0.480. The highest BCUT2D eigenvalue weighted by Crippen LogP contribution is 2.20. The van der Waals surface area contributed by atoms with Crippen LogP contribution in [-0.2, 0) is 13.1 Å². The predicted octanol–water partition coefficient (Wildman–Crippen LogP) is 1.72. The van der Waals surface area contributed by atoms with E-state index in [2.05, 4.69) is 42.3 Å². The van der Waals surface area contributed by atoms with Gasteiger partial charge in [0.1, 0.15) is 13.1 Å². The third kappa shape index (κ3) is 4.87. The van der Waals surface area contributed by atoms with Gasteiger partial charge in [-0.05, 0) is 12.1 Å². The fraction of sp³-hybridized carbons (Fsp3) is 0.500. The summed E-state index contributed by atoms with van der Waals surface area (Å²) in [6.07, 6.45) is 1.53. The molecule has 4 heteroatoms. The van der Waals surface area contributed by atoms with Crippen molar-refractivity contribution in [3.8, 4) is 0 Å². The summed E-state index contributed by atoms with van der Waals surface area (Å²) in [5, 5.41) is 0. The second-order valence-electron chi connectivity index (χ2n) is 7.38. The van der Waals surface area contributed by atoms with Crippen LogP contribution in [0.3, 0.4) is 0 Å². The molecule has 0 aliphatic heterocycles. The first-order valence-electron chi connectivity index (χ1n) is 6.73. The first-order valence-corrected chi connectivity index (χ1v) is 6.73. The molecule has 0 saturated carbocycles. The first-order chi connectivity index (χ1) is 9.05. The highest BCUT2D eigenvalue weighted by Gasteiger charge is 2.19. The van der Waals surface area contributed by atoms with Crippen LogP contribution in [-0.4, -0.2) is 63.8 Å². The van der Waals surface area contributed by atoms with Gasteiger partial charge in [0.15, 0.2) is 12.6 Å². The highest BCUT2D eigenvalue weighted by atomic mass is 16.1. The van der Waals surface area contributed by atoms with Crippen molar-refractivity contribution in [2.24, 2.45) is 0 Å². The molecule has 0 unspecified atom stereocenters. The molecule has 0 aliphatic rings. The van der Waals surface area contributed by atoms with Gasteiger partial charge in [-0.25, -0.2) is 0 Å². The molecule has 20 heavy (non-hydrogen) atoms. The summed E-state index contributed by atoms with van der Waals surface area (Å²) in [6, 6.07) is 3.73. The van der Waals surface area contributed by atoms with Crippen LogP contribution in [0.25, 0.3) is 0 Å². The lowest BCUT2D eigenvalue weighted by Crippen LogP contribution is -2.36. The number of hydrogen-bond acceptors (Lipinski definition) is 2. The summed E-state index contributed by atoms with van der Waals surface area (Å²) in [7, 11) is 12.7. The summed E-state index contributed by atoms with van der Waals surface area (Å²) < 4.78 is 1.56. The van der Waals surface area contributed by atoms with Crippen LogP contribution in [0.1, 0.15) is 31.8 Å². The summed E-state index contributed by atoms with van der Waals surface area (Å²) in [5.74, 6) is 0. The quantitative estimate of drug-likeness (QED) is 0.586. The SMILES string of the molecule is C[N+](C)(C)Cc1cc(C=O)c(C=O)cc1C[N+](C)(C)C. The molecule has 0 atom stereocenters. The summed E-state index contributed by atoms with van der Waals surface area (Å²) in [6.45, 7) is 1.66. The van der Waals surface area contributed by atoms with Crippen LogP contribution in [0.4, 0.5) is 0 Å². The van der Waals surface area contributed by atoms with E-state index in [0.717, 1.165) is 45.8 Å². The van der Waals surface area contributed by atoms with Crippen molar-refractivity contribution in [1.82, 2.24) is 0 Å². The van der Waals surface area contributed by atoms with E-state index in [4.69, 9.17) is 0 Å². The molecule has 1 rings (SSSR count). The van der Waals surface area contributed by atoms with Crippen molar-refractivity contribution >= 4 is 12.6 Å². The number of quaternary nitrogens is 2. The van der Waals surface area contributed by atoms with Crippen LogP contribution < -0.4 is 0 Å². The van der Waals surface area contributed by atoms with Crippen LogP contribution >= 0.6 is 0 Å². The smallest absolute Gasteiger partial charge is 0.150 e. The summed E-state index contributed by atoms with van der Waals surface area (Å²) in [5.41, 5.74) is 3.23. The predicted molar refractivity (Wildman–Crippen MR) is 80.7 cm³/mol. The van der Waals surface area contributed by atoms with E-state index < -0.39 is 0 Å². The average Bonchev–Trinajstić information content (AvgIpc) is 2.27.